The molecule has 6 nitrogen and oxygen atoms in total. The Balaban J connectivity index is 2.09. The fraction of sp³-hybridized carbons (Fsp3) is 0.176. The van der Waals surface area contributed by atoms with Gasteiger partial charge in [-0.2, -0.15) is 5.10 Å². The van der Waals surface area contributed by atoms with Gasteiger partial charge >= 0.3 is 0 Å². The molecule has 0 radical (unpaired) electrons. The zero-order chi connectivity index (χ0) is 17.5. The third-order valence-electron chi connectivity index (χ3n) is 3.06. The van der Waals surface area contributed by atoms with Gasteiger partial charge in [0.1, 0.15) is 5.75 Å². The smallest absolute Gasteiger partial charge is 0.271 e. The van der Waals surface area contributed by atoms with Crippen LogP contribution in [0.25, 0.3) is 0 Å². The summed E-state index contributed by atoms with van der Waals surface area (Å²) >= 11 is 5.93. The molecule has 2 rings (SSSR count). The number of carbonyl (C=O) groups excluding carboxylic acids is 1. The molecule has 126 valence electrons. The number of nitrogens with zero attached hydrogens (tertiary/aromatic N) is 1. The number of benzene rings is 2. The molecule has 0 spiro atoms. The Kier molecular flexibility index (Phi) is 6.03. The van der Waals surface area contributed by atoms with Crippen LogP contribution in [0.5, 0.6) is 17.2 Å². The molecule has 0 atom stereocenters. The van der Waals surface area contributed by atoms with E-state index in [9.17, 15) is 9.90 Å². The van der Waals surface area contributed by atoms with Crippen LogP contribution in [0.2, 0.25) is 5.02 Å². The zero-order valence-corrected chi connectivity index (χ0v) is 14.0. The maximum absolute atomic E-state index is 12.0. The molecule has 0 saturated heterocycles. The molecule has 24 heavy (non-hydrogen) atoms. The lowest BCUT2D eigenvalue weighted by Gasteiger charge is -2.08. The summed E-state index contributed by atoms with van der Waals surface area (Å²) in [6.07, 6.45) is 1.41. The van der Waals surface area contributed by atoms with E-state index in [2.05, 4.69) is 10.5 Å². The molecule has 0 unspecified atom stereocenters. The number of halogens is 1. The standard InChI is InChI=1S/C17H17ClN2O4/c1-3-24-15-8-11(7-14(18)16(15)21)10-19-20-17(22)12-5-4-6-13(9-12)23-2/h4-10,21H,3H2,1-2H3,(H,20,22)/b19-10-. The monoisotopic (exact) mass is 348 g/mol. The molecule has 7 heteroatoms. The van der Waals surface area contributed by atoms with Crippen molar-refractivity contribution >= 4 is 23.7 Å². The van der Waals surface area contributed by atoms with Crippen molar-refractivity contribution in [3.63, 3.8) is 0 Å². The van der Waals surface area contributed by atoms with Crippen LogP contribution in [-0.4, -0.2) is 30.9 Å². The Morgan fingerprint density at radius 2 is 2.17 bits per heavy atom. The van der Waals surface area contributed by atoms with Crippen LogP contribution >= 0.6 is 11.6 Å². The number of carbonyl (C=O) groups is 1. The van der Waals surface area contributed by atoms with Crippen molar-refractivity contribution in [2.75, 3.05) is 13.7 Å². The van der Waals surface area contributed by atoms with Crippen LogP contribution in [0.1, 0.15) is 22.8 Å². The van der Waals surface area contributed by atoms with E-state index in [1.54, 1.807) is 37.3 Å². The highest BCUT2D eigenvalue weighted by molar-refractivity contribution is 6.32. The number of phenols is 1. The van der Waals surface area contributed by atoms with Gasteiger partial charge in [-0.1, -0.05) is 17.7 Å². The number of amides is 1. The predicted octanol–water partition coefficient (Wildman–Crippen LogP) is 3.22. The first kappa shape index (κ1) is 17.6. The van der Waals surface area contributed by atoms with Gasteiger partial charge in [0.15, 0.2) is 11.5 Å². The molecular weight excluding hydrogens is 332 g/mol. The fourth-order valence-corrected chi connectivity index (χ4v) is 2.15. The lowest BCUT2D eigenvalue weighted by atomic mass is 10.2. The minimum atomic E-state index is -0.375. The van der Waals surface area contributed by atoms with Crippen LogP contribution in [0.4, 0.5) is 0 Å². The van der Waals surface area contributed by atoms with Gasteiger partial charge in [0.05, 0.1) is 25.0 Å². The van der Waals surface area contributed by atoms with Gasteiger partial charge in [-0.05, 0) is 42.8 Å². The number of nitrogens with one attached hydrogen (secondary N) is 1. The summed E-state index contributed by atoms with van der Waals surface area (Å²) in [6, 6.07) is 9.80. The van der Waals surface area contributed by atoms with E-state index in [1.165, 1.54) is 19.4 Å². The maximum Gasteiger partial charge on any atom is 0.271 e. The highest BCUT2D eigenvalue weighted by Gasteiger charge is 2.09. The van der Waals surface area contributed by atoms with E-state index < -0.39 is 0 Å². The summed E-state index contributed by atoms with van der Waals surface area (Å²) in [5.41, 5.74) is 3.41. The van der Waals surface area contributed by atoms with Gasteiger partial charge in [-0.3, -0.25) is 4.79 Å². The van der Waals surface area contributed by atoms with Crippen molar-refractivity contribution in [2.45, 2.75) is 6.92 Å². The summed E-state index contributed by atoms with van der Waals surface area (Å²) in [4.78, 5) is 12.0. The second-order valence-electron chi connectivity index (χ2n) is 4.71. The molecule has 0 heterocycles. The minimum Gasteiger partial charge on any atom is -0.503 e. The Hall–Kier alpha value is -2.73. The molecule has 2 aromatic rings. The van der Waals surface area contributed by atoms with Crippen molar-refractivity contribution in [3.8, 4) is 17.2 Å². The number of hydrazone groups is 1. The first-order chi connectivity index (χ1) is 11.5. The van der Waals surface area contributed by atoms with E-state index in [0.717, 1.165) is 0 Å². The SMILES string of the molecule is CCOc1cc(/C=N\NC(=O)c2cccc(OC)c2)cc(Cl)c1O. The van der Waals surface area contributed by atoms with Crippen molar-refractivity contribution in [1.82, 2.24) is 5.43 Å². The number of hydrogen-bond acceptors (Lipinski definition) is 5. The van der Waals surface area contributed by atoms with E-state index in [-0.39, 0.29) is 22.4 Å². The first-order valence-electron chi connectivity index (χ1n) is 7.18. The van der Waals surface area contributed by atoms with Gasteiger partial charge in [0.2, 0.25) is 0 Å². The third kappa shape index (κ3) is 4.39. The lowest BCUT2D eigenvalue weighted by Crippen LogP contribution is -2.17. The van der Waals surface area contributed by atoms with Gasteiger partial charge in [0.25, 0.3) is 5.91 Å². The van der Waals surface area contributed by atoms with Crippen LogP contribution in [0.15, 0.2) is 41.5 Å². The second-order valence-corrected chi connectivity index (χ2v) is 5.12. The quantitative estimate of drug-likeness (QED) is 0.620. The zero-order valence-electron chi connectivity index (χ0n) is 13.2. The second kappa shape index (κ2) is 8.21. The largest absolute Gasteiger partial charge is 0.503 e. The molecule has 0 aromatic heterocycles. The fourth-order valence-electron chi connectivity index (χ4n) is 1.93. The number of methoxy groups -OCH3 is 1. The predicted molar refractivity (Wildman–Crippen MR) is 92.3 cm³/mol. The number of phenolic OH excluding ortho intramolecular Hbond substituents is 1. The molecule has 2 N–H and O–H groups in total. The summed E-state index contributed by atoms with van der Waals surface area (Å²) in [6.45, 7) is 2.18. The Labute approximate surface area is 144 Å². The van der Waals surface area contributed by atoms with E-state index in [4.69, 9.17) is 21.1 Å². The van der Waals surface area contributed by atoms with Gasteiger partial charge in [-0.15, -0.1) is 0 Å². The van der Waals surface area contributed by atoms with Gasteiger partial charge in [-0.25, -0.2) is 5.43 Å². The molecule has 0 saturated carbocycles. The highest BCUT2D eigenvalue weighted by Crippen LogP contribution is 2.34. The van der Waals surface area contributed by atoms with Crippen molar-refractivity contribution < 1.29 is 19.4 Å². The Morgan fingerprint density at radius 3 is 2.88 bits per heavy atom. The Morgan fingerprint density at radius 1 is 1.38 bits per heavy atom. The van der Waals surface area contributed by atoms with Gasteiger partial charge in [0, 0.05) is 5.56 Å². The molecule has 0 aliphatic rings. The molecule has 0 fully saturated rings. The average molecular weight is 349 g/mol. The number of rotatable bonds is 6. The minimum absolute atomic E-state index is 0.129. The summed E-state index contributed by atoms with van der Waals surface area (Å²) in [5.74, 6) is 0.333. The van der Waals surface area contributed by atoms with Crippen molar-refractivity contribution in [2.24, 2.45) is 5.10 Å². The van der Waals surface area contributed by atoms with Crippen molar-refractivity contribution in [1.29, 1.82) is 0 Å². The molecule has 2 aromatic carbocycles. The Bertz CT molecular complexity index is 762. The maximum atomic E-state index is 12.0. The van der Waals surface area contributed by atoms with E-state index in [0.29, 0.717) is 23.5 Å². The highest BCUT2D eigenvalue weighted by atomic mass is 35.5. The summed E-state index contributed by atoms with van der Waals surface area (Å²) < 4.78 is 10.4. The molecular formula is C17H17ClN2O4. The molecule has 0 aliphatic heterocycles. The lowest BCUT2D eigenvalue weighted by molar-refractivity contribution is 0.0955. The molecule has 0 bridgehead atoms. The number of aromatic hydroxyl groups is 1. The molecule has 1 amide bonds. The average Bonchev–Trinajstić information content (AvgIpc) is 2.59. The van der Waals surface area contributed by atoms with Gasteiger partial charge < -0.3 is 14.6 Å². The van der Waals surface area contributed by atoms with Crippen LogP contribution < -0.4 is 14.9 Å². The topological polar surface area (TPSA) is 80.2 Å². The van der Waals surface area contributed by atoms with Crippen LogP contribution in [0.3, 0.4) is 0 Å². The summed E-state index contributed by atoms with van der Waals surface area (Å²) in [7, 11) is 1.53. The first-order valence-corrected chi connectivity index (χ1v) is 7.55. The van der Waals surface area contributed by atoms with Crippen LogP contribution in [0, 0.1) is 0 Å². The van der Waals surface area contributed by atoms with E-state index >= 15 is 0 Å². The normalized spacial score (nSPS) is 10.6. The van der Waals surface area contributed by atoms with Crippen molar-refractivity contribution in [3.05, 3.63) is 52.5 Å². The number of ether oxygens (including phenoxy) is 2. The van der Waals surface area contributed by atoms with E-state index in [1.807, 2.05) is 0 Å². The number of hydrogen-bond donors (Lipinski definition) is 2. The third-order valence-corrected chi connectivity index (χ3v) is 3.35. The molecule has 0 aliphatic carbocycles. The summed E-state index contributed by atoms with van der Waals surface area (Å²) in [5, 5.41) is 13.8. The van der Waals surface area contributed by atoms with Crippen LogP contribution in [-0.2, 0) is 0 Å².